The molecule has 0 aliphatic heterocycles. The van der Waals surface area contributed by atoms with Crippen LogP contribution in [0.1, 0.15) is 16.1 Å². The van der Waals surface area contributed by atoms with Gasteiger partial charge in [0.2, 0.25) is 5.91 Å². The molecule has 2 aromatic rings. The van der Waals surface area contributed by atoms with Gasteiger partial charge in [0.1, 0.15) is 0 Å². The molecule has 21 heavy (non-hydrogen) atoms. The highest BCUT2D eigenvalue weighted by Gasteiger charge is 2.13. The average molecular weight is 285 g/mol. The van der Waals surface area contributed by atoms with Gasteiger partial charge in [0.05, 0.1) is 36.7 Å². The zero-order chi connectivity index (χ0) is 15.2. The summed E-state index contributed by atoms with van der Waals surface area (Å²) in [5, 5.41) is 2.68. The number of nitrogen functional groups attached to an aromatic ring is 1. The molecule has 0 spiro atoms. The SMILES string of the molecule is COC(=O)c1ccccc1NC(=O)Cc1ccc(N)cn1. The number of nitrogens with zero attached hydrogens (tertiary/aromatic N) is 1. The number of para-hydroxylation sites is 1. The molecule has 0 atom stereocenters. The number of benzene rings is 1. The number of pyridine rings is 1. The van der Waals surface area contributed by atoms with E-state index in [9.17, 15) is 9.59 Å². The second kappa shape index (κ2) is 6.51. The van der Waals surface area contributed by atoms with E-state index in [0.717, 1.165) is 0 Å². The Bertz CT molecular complexity index is 653. The van der Waals surface area contributed by atoms with E-state index in [-0.39, 0.29) is 12.3 Å². The minimum absolute atomic E-state index is 0.0930. The highest BCUT2D eigenvalue weighted by Crippen LogP contribution is 2.16. The lowest BCUT2D eigenvalue weighted by Gasteiger charge is -2.09. The van der Waals surface area contributed by atoms with Crippen LogP contribution in [0.5, 0.6) is 0 Å². The standard InChI is InChI=1S/C15H15N3O3/c1-21-15(20)12-4-2-3-5-13(12)18-14(19)8-11-7-6-10(16)9-17-11/h2-7,9H,8,16H2,1H3,(H,18,19). The Kier molecular flexibility index (Phi) is 4.50. The van der Waals surface area contributed by atoms with E-state index in [0.29, 0.717) is 22.6 Å². The van der Waals surface area contributed by atoms with Crippen LogP contribution in [-0.2, 0) is 16.0 Å². The smallest absolute Gasteiger partial charge is 0.339 e. The molecule has 1 heterocycles. The molecule has 0 bridgehead atoms. The van der Waals surface area contributed by atoms with Gasteiger partial charge in [-0.05, 0) is 24.3 Å². The number of carbonyl (C=O) groups is 2. The van der Waals surface area contributed by atoms with Crippen LogP contribution >= 0.6 is 0 Å². The van der Waals surface area contributed by atoms with Gasteiger partial charge in [-0.2, -0.15) is 0 Å². The lowest BCUT2D eigenvalue weighted by atomic mass is 10.1. The number of hydrogen-bond donors (Lipinski definition) is 2. The molecule has 0 aliphatic carbocycles. The molecule has 1 amide bonds. The van der Waals surface area contributed by atoms with Crippen molar-refractivity contribution in [3.63, 3.8) is 0 Å². The van der Waals surface area contributed by atoms with Crippen molar-refractivity contribution in [3.8, 4) is 0 Å². The fraction of sp³-hybridized carbons (Fsp3) is 0.133. The predicted molar refractivity (Wildman–Crippen MR) is 78.8 cm³/mol. The minimum atomic E-state index is -0.503. The van der Waals surface area contributed by atoms with Gasteiger partial charge in [-0.3, -0.25) is 9.78 Å². The zero-order valence-electron chi connectivity index (χ0n) is 11.5. The number of amides is 1. The Morgan fingerprint density at radius 1 is 1.24 bits per heavy atom. The molecule has 0 aliphatic rings. The van der Waals surface area contributed by atoms with Crippen molar-refractivity contribution in [1.82, 2.24) is 4.98 Å². The third kappa shape index (κ3) is 3.79. The van der Waals surface area contributed by atoms with Crippen LogP contribution in [0.3, 0.4) is 0 Å². The number of hydrogen-bond acceptors (Lipinski definition) is 5. The number of carbonyl (C=O) groups excluding carboxylic acids is 2. The van der Waals surface area contributed by atoms with Gasteiger partial charge in [-0.25, -0.2) is 4.79 Å². The molecule has 1 aromatic heterocycles. The number of aromatic nitrogens is 1. The molecule has 6 nitrogen and oxygen atoms in total. The Balaban J connectivity index is 2.09. The normalized spacial score (nSPS) is 9.95. The molecule has 108 valence electrons. The van der Waals surface area contributed by atoms with Crippen molar-refractivity contribution in [3.05, 3.63) is 53.9 Å². The molecule has 2 rings (SSSR count). The van der Waals surface area contributed by atoms with Crippen molar-refractivity contribution in [2.45, 2.75) is 6.42 Å². The Labute approximate surface area is 121 Å². The highest BCUT2D eigenvalue weighted by atomic mass is 16.5. The van der Waals surface area contributed by atoms with Crippen molar-refractivity contribution >= 4 is 23.3 Å². The Morgan fingerprint density at radius 3 is 2.67 bits per heavy atom. The van der Waals surface area contributed by atoms with Gasteiger partial charge in [0.25, 0.3) is 0 Å². The Hall–Kier alpha value is -2.89. The first-order valence-electron chi connectivity index (χ1n) is 6.27. The number of methoxy groups -OCH3 is 1. The summed E-state index contributed by atoms with van der Waals surface area (Å²) < 4.78 is 4.67. The average Bonchev–Trinajstić information content (AvgIpc) is 2.49. The summed E-state index contributed by atoms with van der Waals surface area (Å²) >= 11 is 0. The summed E-state index contributed by atoms with van der Waals surface area (Å²) in [5.41, 5.74) is 7.38. The second-order valence-electron chi connectivity index (χ2n) is 4.34. The maximum atomic E-state index is 12.0. The monoisotopic (exact) mass is 285 g/mol. The molecule has 0 saturated heterocycles. The van der Waals surface area contributed by atoms with Gasteiger partial charge >= 0.3 is 5.97 Å². The molecule has 0 saturated carbocycles. The van der Waals surface area contributed by atoms with Crippen LogP contribution in [-0.4, -0.2) is 24.0 Å². The lowest BCUT2D eigenvalue weighted by Crippen LogP contribution is -2.17. The van der Waals surface area contributed by atoms with Crippen molar-refractivity contribution < 1.29 is 14.3 Å². The first-order valence-corrected chi connectivity index (χ1v) is 6.27. The van der Waals surface area contributed by atoms with E-state index < -0.39 is 5.97 Å². The van der Waals surface area contributed by atoms with E-state index >= 15 is 0 Å². The summed E-state index contributed by atoms with van der Waals surface area (Å²) in [6.45, 7) is 0. The van der Waals surface area contributed by atoms with E-state index in [2.05, 4.69) is 15.0 Å². The Morgan fingerprint density at radius 2 is 2.00 bits per heavy atom. The molecular weight excluding hydrogens is 270 g/mol. The van der Waals surface area contributed by atoms with E-state index in [1.807, 2.05) is 0 Å². The number of nitrogens with one attached hydrogen (secondary N) is 1. The molecule has 3 N–H and O–H groups in total. The van der Waals surface area contributed by atoms with Crippen LogP contribution in [0.4, 0.5) is 11.4 Å². The summed E-state index contributed by atoms with van der Waals surface area (Å²) in [5.74, 6) is -0.778. The van der Waals surface area contributed by atoms with Crippen LogP contribution in [0, 0.1) is 0 Å². The summed E-state index contributed by atoms with van der Waals surface area (Å²) in [6, 6.07) is 10.0. The third-order valence-electron chi connectivity index (χ3n) is 2.80. The molecule has 0 fully saturated rings. The van der Waals surface area contributed by atoms with Crippen molar-refractivity contribution in [1.29, 1.82) is 0 Å². The number of rotatable bonds is 4. The highest BCUT2D eigenvalue weighted by molar-refractivity contribution is 6.01. The maximum Gasteiger partial charge on any atom is 0.339 e. The van der Waals surface area contributed by atoms with Crippen LogP contribution in [0.15, 0.2) is 42.6 Å². The van der Waals surface area contributed by atoms with Gasteiger partial charge < -0.3 is 15.8 Å². The first kappa shape index (κ1) is 14.5. The van der Waals surface area contributed by atoms with Crippen molar-refractivity contribution in [2.75, 3.05) is 18.2 Å². The zero-order valence-corrected chi connectivity index (χ0v) is 11.5. The van der Waals surface area contributed by atoms with Gasteiger partial charge in [-0.15, -0.1) is 0 Å². The topological polar surface area (TPSA) is 94.3 Å². The number of esters is 1. The summed E-state index contributed by atoms with van der Waals surface area (Å²) in [7, 11) is 1.29. The van der Waals surface area contributed by atoms with Gasteiger partial charge in [0.15, 0.2) is 0 Å². The maximum absolute atomic E-state index is 12.0. The quantitative estimate of drug-likeness (QED) is 0.833. The van der Waals surface area contributed by atoms with Gasteiger partial charge in [-0.1, -0.05) is 12.1 Å². The molecule has 0 radical (unpaired) electrons. The molecular formula is C15H15N3O3. The fourth-order valence-electron chi connectivity index (χ4n) is 1.78. The first-order chi connectivity index (χ1) is 10.1. The molecule has 6 heteroatoms. The number of nitrogens with two attached hydrogens (primary N) is 1. The van der Waals surface area contributed by atoms with Crippen molar-refractivity contribution in [2.24, 2.45) is 0 Å². The summed E-state index contributed by atoms with van der Waals surface area (Å²) in [4.78, 5) is 27.7. The predicted octanol–water partition coefficient (Wildman–Crippen LogP) is 1.63. The third-order valence-corrected chi connectivity index (χ3v) is 2.80. The van der Waals surface area contributed by atoms with Crippen LogP contribution < -0.4 is 11.1 Å². The largest absolute Gasteiger partial charge is 0.465 e. The van der Waals surface area contributed by atoms with Crippen LogP contribution in [0.25, 0.3) is 0 Å². The number of anilines is 2. The fourth-order valence-corrected chi connectivity index (χ4v) is 1.78. The van der Waals surface area contributed by atoms with Crippen LogP contribution in [0.2, 0.25) is 0 Å². The summed E-state index contributed by atoms with van der Waals surface area (Å²) in [6.07, 6.45) is 1.58. The van der Waals surface area contributed by atoms with E-state index in [4.69, 9.17) is 5.73 Å². The lowest BCUT2D eigenvalue weighted by molar-refractivity contribution is -0.115. The van der Waals surface area contributed by atoms with Gasteiger partial charge in [0, 0.05) is 5.69 Å². The van der Waals surface area contributed by atoms with E-state index in [1.54, 1.807) is 36.4 Å². The minimum Gasteiger partial charge on any atom is -0.465 e. The molecule has 0 unspecified atom stereocenters. The molecule has 1 aromatic carbocycles. The number of ether oxygens (including phenoxy) is 1. The van der Waals surface area contributed by atoms with E-state index in [1.165, 1.54) is 13.3 Å². The second-order valence-corrected chi connectivity index (χ2v) is 4.34.